The average molecular weight is 357 g/mol. The molecule has 0 amide bonds. The molecule has 0 spiro atoms. The lowest BCUT2D eigenvalue weighted by Gasteiger charge is -2.29. The molecule has 0 aromatic heterocycles. The molecule has 1 aliphatic rings. The molecule has 2 N–H and O–H groups in total. The van der Waals surface area contributed by atoms with E-state index in [2.05, 4.69) is 19.1 Å². The van der Waals surface area contributed by atoms with Crippen LogP contribution >= 0.6 is 0 Å². The fraction of sp³-hybridized carbons (Fsp3) is 0.478. The number of hydrogen-bond donors (Lipinski definition) is 1. The van der Waals surface area contributed by atoms with Gasteiger partial charge in [-0.25, -0.2) is 8.78 Å². The quantitative estimate of drug-likeness (QED) is 0.434. The highest BCUT2D eigenvalue weighted by Crippen LogP contribution is 2.38. The molecular weight excluding hydrogens is 328 g/mol. The third-order valence-corrected chi connectivity index (χ3v) is 5.84. The van der Waals surface area contributed by atoms with Crippen molar-refractivity contribution in [3.63, 3.8) is 0 Å². The van der Waals surface area contributed by atoms with Crippen LogP contribution < -0.4 is 5.73 Å². The molecule has 2 aromatic rings. The standard InChI is InChI=1S/C23H29F2N/c1-2-3-4-5-16-6-8-17(9-7-16)18-10-12-19(13-11-18)20-14-22(25)23(26)15-21(20)24/h10-17H,2-9,26H2,1H3/t16-,17-. The first-order valence-electron chi connectivity index (χ1n) is 9.93. The second kappa shape index (κ2) is 8.66. The van der Waals surface area contributed by atoms with Gasteiger partial charge in [0.2, 0.25) is 0 Å². The summed E-state index contributed by atoms with van der Waals surface area (Å²) in [6.45, 7) is 2.26. The Labute approximate surface area is 155 Å². The Hall–Kier alpha value is -1.90. The Morgan fingerprint density at radius 1 is 0.923 bits per heavy atom. The van der Waals surface area contributed by atoms with Crippen molar-refractivity contribution in [2.45, 2.75) is 64.2 Å². The molecule has 0 heterocycles. The summed E-state index contributed by atoms with van der Waals surface area (Å²) in [5.41, 5.74) is 7.55. The second-order valence-electron chi connectivity index (χ2n) is 7.69. The Morgan fingerprint density at radius 3 is 2.27 bits per heavy atom. The zero-order chi connectivity index (χ0) is 18.5. The van der Waals surface area contributed by atoms with Crippen molar-refractivity contribution in [3.8, 4) is 11.1 Å². The fourth-order valence-corrected chi connectivity index (χ4v) is 4.19. The van der Waals surface area contributed by atoms with E-state index >= 15 is 0 Å². The highest BCUT2D eigenvalue weighted by Gasteiger charge is 2.22. The summed E-state index contributed by atoms with van der Waals surface area (Å²) in [6.07, 6.45) is 10.5. The monoisotopic (exact) mass is 357 g/mol. The number of halogens is 2. The molecule has 1 fully saturated rings. The summed E-state index contributed by atoms with van der Waals surface area (Å²) in [4.78, 5) is 0. The van der Waals surface area contributed by atoms with Crippen LogP contribution in [0.4, 0.5) is 14.5 Å². The molecule has 1 saturated carbocycles. The maximum absolute atomic E-state index is 14.1. The molecule has 26 heavy (non-hydrogen) atoms. The van der Waals surface area contributed by atoms with Crippen LogP contribution in [0.1, 0.15) is 69.8 Å². The van der Waals surface area contributed by atoms with E-state index in [4.69, 9.17) is 5.73 Å². The molecule has 0 bridgehead atoms. The lowest BCUT2D eigenvalue weighted by Crippen LogP contribution is -2.13. The predicted octanol–water partition coefficient (Wildman–Crippen LogP) is 7.07. The van der Waals surface area contributed by atoms with Crippen LogP contribution in [0.2, 0.25) is 0 Å². The SMILES string of the molecule is CCCCC[C@H]1CC[C@H](c2ccc(-c3cc(F)c(N)cc3F)cc2)CC1. The molecule has 0 aliphatic heterocycles. The van der Waals surface area contributed by atoms with Gasteiger partial charge in [-0.15, -0.1) is 0 Å². The van der Waals surface area contributed by atoms with Crippen LogP contribution in [0.5, 0.6) is 0 Å². The van der Waals surface area contributed by atoms with E-state index in [1.807, 2.05) is 12.1 Å². The molecule has 140 valence electrons. The first kappa shape index (κ1) is 18.9. The van der Waals surface area contributed by atoms with Gasteiger partial charge in [-0.05, 0) is 54.7 Å². The van der Waals surface area contributed by atoms with E-state index in [1.54, 1.807) is 0 Å². The van der Waals surface area contributed by atoms with E-state index in [9.17, 15) is 8.78 Å². The summed E-state index contributed by atoms with van der Waals surface area (Å²) in [5.74, 6) is 0.430. The Morgan fingerprint density at radius 2 is 1.62 bits per heavy atom. The minimum absolute atomic E-state index is 0.154. The Balaban J connectivity index is 1.63. The minimum Gasteiger partial charge on any atom is -0.396 e. The van der Waals surface area contributed by atoms with Crippen molar-refractivity contribution in [2.24, 2.45) is 5.92 Å². The van der Waals surface area contributed by atoms with E-state index < -0.39 is 11.6 Å². The van der Waals surface area contributed by atoms with Crippen molar-refractivity contribution < 1.29 is 8.78 Å². The van der Waals surface area contributed by atoms with Gasteiger partial charge in [0.05, 0.1) is 5.69 Å². The molecule has 0 saturated heterocycles. The molecule has 0 unspecified atom stereocenters. The van der Waals surface area contributed by atoms with Gasteiger partial charge in [-0.1, -0.05) is 56.9 Å². The molecule has 0 atom stereocenters. The van der Waals surface area contributed by atoms with E-state index in [1.165, 1.54) is 63.0 Å². The maximum atomic E-state index is 14.1. The average Bonchev–Trinajstić information content (AvgIpc) is 2.66. The predicted molar refractivity (Wildman–Crippen MR) is 105 cm³/mol. The number of rotatable bonds is 6. The van der Waals surface area contributed by atoms with Crippen molar-refractivity contribution in [2.75, 3.05) is 5.73 Å². The molecule has 1 nitrogen and oxygen atoms in total. The van der Waals surface area contributed by atoms with Crippen LogP contribution in [0.25, 0.3) is 11.1 Å². The van der Waals surface area contributed by atoms with Gasteiger partial charge in [0.1, 0.15) is 11.6 Å². The van der Waals surface area contributed by atoms with Crippen LogP contribution in [-0.4, -0.2) is 0 Å². The summed E-state index contributed by atoms with van der Waals surface area (Å²) < 4.78 is 27.8. The molecule has 3 heteroatoms. The first-order chi connectivity index (χ1) is 12.6. The van der Waals surface area contributed by atoms with Gasteiger partial charge in [0.25, 0.3) is 0 Å². The van der Waals surface area contributed by atoms with Gasteiger partial charge < -0.3 is 5.73 Å². The molecule has 0 radical (unpaired) electrons. The van der Waals surface area contributed by atoms with E-state index in [-0.39, 0.29) is 11.3 Å². The zero-order valence-electron chi connectivity index (χ0n) is 15.6. The van der Waals surface area contributed by atoms with Crippen molar-refractivity contribution in [1.82, 2.24) is 0 Å². The molecular formula is C23H29F2N. The summed E-state index contributed by atoms with van der Waals surface area (Å²) >= 11 is 0. The van der Waals surface area contributed by atoms with Gasteiger partial charge in [0, 0.05) is 11.6 Å². The van der Waals surface area contributed by atoms with E-state index in [0.717, 1.165) is 12.0 Å². The summed E-state index contributed by atoms with van der Waals surface area (Å²) in [6, 6.07) is 10.2. The van der Waals surface area contributed by atoms with Crippen LogP contribution in [-0.2, 0) is 0 Å². The largest absolute Gasteiger partial charge is 0.396 e. The topological polar surface area (TPSA) is 26.0 Å². The maximum Gasteiger partial charge on any atom is 0.146 e. The Bertz CT molecular complexity index is 716. The molecule has 2 aromatic carbocycles. The van der Waals surface area contributed by atoms with Crippen LogP contribution in [0.15, 0.2) is 36.4 Å². The number of nitrogen functional groups attached to an aromatic ring is 1. The normalized spacial score (nSPS) is 20.3. The number of hydrogen-bond acceptors (Lipinski definition) is 1. The zero-order valence-corrected chi connectivity index (χ0v) is 15.6. The van der Waals surface area contributed by atoms with Gasteiger partial charge >= 0.3 is 0 Å². The number of unbranched alkanes of at least 4 members (excludes halogenated alkanes) is 2. The third-order valence-electron chi connectivity index (χ3n) is 5.84. The summed E-state index contributed by atoms with van der Waals surface area (Å²) in [5, 5.41) is 0. The smallest absolute Gasteiger partial charge is 0.146 e. The molecule has 1 aliphatic carbocycles. The Kier molecular flexibility index (Phi) is 6.29. The molecule has 3 rings (SSSR count). The van der Waals surface area contributed by atoms with Crippen molar-refractivity contribution >= 4 is 5.69 Å². The first-order valence-corrected chi connectivity index (χ1v) is 9.93. The lowest BCUT2D eigenvalue weighted by atomic mass is 9.77. The highest BCUT2D eigenvalue weighted by molar-refractivity contribution is 5.67. The minimum atomic E-state index is -0.577. The number of nitrogens with two attached hydrogens (primary N) is 1. The van der Waals surface area contributed by atoms with E-state index in [0.29, 0.717) is 11.5 Å². The number of benzene rings is 2. The highest BCUT2D eigenvalue weighted by atomic mass is 19.1. The van der Waals surface area contributed by atoms with Gasteiger partial charge in [0.15, 0.2) is 0 Å². The second-order valence-corrected chi connectivity index (χ2v) is 7.69. The van der Waals surface area contributed by atoms with Gasteiger partial charge in [-0.3, -0.25) is 0 Å². The summed E-state index contributed by atoms with van der Waals surface area (Å²) in [7, 11) is 0. The lowest BCUT2D eigenvalue weighted by molar-refractivity contribution is 0.303. The van der Waals surface area contributed by atoms with Crippen molar-refractivity contribution in [1.29, 1.82) is 0 Å². The van der Waals surface area contributed by atoms with Crippen LogP contribution in [0.3, 0.4) is 0 Å². The third kappa shape index (κ3) is 4.44. The van der Waals surface area contributed by atoms with Gasteiger partial charge in [-0.2, -0.15) is 0 Å². The fourth-order valence-electron chi connectivity index (χ4n) is 4.19. The number of anilines is 1. The van der Waals surface area contributed by atoms with Crippen molar-refractivity contribution in [3.05, 3.63) is 53.6 Å². The van der Waals surface area contributed by atoms with Crippen LogP contribution in [0, 0.1) is 17.6 Å².